The van der Waals surface area contributed by atoms with E-state index < -0.39 is 5.97 Å². The molecule has 19 heavy (non-hydrogen) atoms. The number of benzene rings is 1. The maximum absolute atomic E-state index is 11.3. The number of fused-ring (bicyclic) bond motifs is 1. The van der Waals surface area contributed by atoms with E-state index in [-0.39, 0.29) is 0 Å². The fraction of sp³-hybridized carbons (Fsp3) is 0.143. The Bertz CT molecular complexity index is 755. The van der Waals surface area contributed by atoms with Crippen LogP contribution in [0.4, 0.5) is 0 Å². The van der Waals surface area contributed by atoms with Gasteiger partial charge in [-0.05, 0) is 12.1 Å². The molecular weight excluding hydrogens is 242 g/mol. The van der Waals surface area contributed by atoms with Crippen molar-refractivity contribution in [3.05, 3.63) is 54.0 Å². The number of aryl methyl sites for hydroxylation is 1. The van der Waals surface area contributed by atoms with Gasteiger partial charge in [-0.2, -0.15) is 5.10 Å². The second-order valence-electron chi connectivity index (χ2n) is 4.50. The van der Waals surface area contributed by atoms with Crippen LogP contribution in [0.5, 0.6) is 0 Å². The van der Waals surface area contributed by atoms with Crippen molar-refractivity contribution in [1.29, 1.82) is 0 Å². The Balaban J connectivity index is 2.14. The monoisotopic (exact) mass is 255 g/mol. The quantitative estimate of drug-likeness (QED) is 0.779. The minimum absolute atomic E-state index is 0.296. The zero-order valence-corrected chi connectivity index (χ0v) is 10.4. The van der Waals surface area contributed by atoms with Crippen LogP contribution in [0.15, 0.2) is 42.7 Å². The standard InChI is InChI=1S/C14H13N3O2/c1-16-8-10(7-15-16)9-17-12-5-3-2-4-11(12)6-13(17)14(18)19/h2-8H,9H2,1H3,(H,18,19). The van der Waals surface area contributed by atoms with Gasteiger partial charge >= 0.3 is 5.97 Å². The van der Waals surface area contributed by atoms with E-state index in [4.69, 9.17) is 0 Å². The van der Waals surface area contributed by atoms with E-state index in [1.165, 1.54) is 0 Å². The minimum Gasteiger partial charge on any atom is -0.477 e. The number of hydrogen-bond acceptors (Lipinski definition) is 2. The molecule has 0 spiro atoms. The Labute approximate surface area is 109 Å². The summed E-state index contributed by atoms with van der Waals surface area (Å²) in [4.78, 5) is 11.3. The highest BCUT2D eigenvalue weighted by Gasteiger charge is 2.14. The second kappa shape index (κ2) is 4.28. The molecule has 0 saturated heterocycles. The Kier molecular flexibility index (Phi) is 2.59. The van der Waals surface area contributed by atoms with Gasteiger partial charge in [-0.15, -0.1) is 0 Å². The van der Waals surface area contributed by atoms with Crippen LogP contribution in [0.1, 0.15) is 16.1 Å². The normalized spacial score (nSPS) is 11.0. The van der Waals surface area contributed by atoms with Crippen molar-refractivity contribution in [3.8, 4) is 0 Å². The van der Waals surface area contributed by atoms with Crippen molar-refractivity contribution in [2.24, 2.45) is 7.05 Å². The number of aromatic carboxylic acids is 1. The number of para-hydroxylation sites is 1. The van der Waals surface area contributed by atoms with Crippen LogP contribution < -0.4 is 0 Å². The van der Waals surface area contributed by atoms with E-state index in [9.17, 15) is 9.90 Å². The molecule has 0 atom stereocenters. The predicted octanol–water partition coefficient (Wildman–Crippen LogP) is 2.12. The lowest BCUT2D eigenvalue weighted by molar-refractivity contribution is 0.0686. The minimum atomic E-state index is -0.917. The van der Waals surface area contributed by atoms with Crippen molar-refractivity contribution < 1.29 is 9.90 Å². The second-order valence-corrected chi connectivity index (χ2v) is 4.50. The van der Waals surface area contributed by atoms with Crippen molar-refractivity contribution >= 4 is 16.9 Å². The molecule has 5 heteroatoms. The zero-order chi connectivity index (χ0) is 13.4. The maximum Gasteiger partial charge on any atom is 0.352 e. The average molecular weight is 255 g/mol. The lowest BCUT2D eigenvalue weighted by Crippen LogP contribution is -2.08. The van der Waals surface area contributed by atoms with Crippen LogP contribution in [0.25, 0.3) is 10.9 Å². The summed E-state index contributed by atoms with van der Waals surface area (Å²) in [5.74, 6) is -0.917. The third-order valence-electron chi connectivity index (χ3n) is 3.13. The van der Waals surface area contributed by atoms with Gasteiger partial charge in [-0.25, -0.2) is 4.79 Å². The molecule has 0 amide bonds. The number of rotatable bonds is 3. The van der Waals surface area contributed by atoms with Crippen molar-refractivity contribution in [3.63, 3.8) is 0 Å². The zero-order valence-electron chi connectivity index (χ0n) is 10.4. The molecule has 0 radical (unpaired) electrons. The van der Waals surface area contributed by atoms with E-state index in [0.717, 1.165) is 16.5 Å². The van der Waals surface area contributed by atoms with Crippen LogP contribution in [-0.2, 0) is 13.6 Å². The molecule has 2 heterocycles. The highest BCUT2D eigenvalue weighted by atomic mass is 16.4. The predicted molar refractivity (Wildman–Crippen MR) is 71.2 cm³/mol. The van der Waals surface area contributed by atoms with E-state index in [1.54, 1.807) is 21.5 Å². The summed E-state index contributed by atoms with van der Waals surface area (Å²) in [7, 11) is 1.84. The summed E-state index contributed by atoms with van der Waals surface area (Å²) in [6, 6.07) is 9.36. The van der Waals surface area contributed by atoms with Gasteiger partial charge in [0.25, 0.3) is 0 Å². The van der Waals surface area contributed by atoms with Crippen LogP contribution in [-0.4, -0.2) is 25.4 Å². The summed E-state index contributed by atoms with van der Waals surface area (Å²) in [5, 5.41) is 14.3. The van der Waals surface area contributed by atoms with Gasteiger partial charge in [0.05, 0.1) is 12.7 Å². The Morgan fingerprint density at radius 3 is 2.84 bits per heavy atom. The third kappa shape index (κ3) is 1.99. The average Bonchev–Trinajstić information content (AvgIpc) is 2.95. The van der Waals surface area contributed by atoms with Crippen LogP contribution in [0.3, 0.4) is 0 Å². The van der Waals surface area contributed by atoms with E-state index in [0.29, 0.717) is 12.2 Å². The number of nitrogens with zero attached hydrogens (tertiary/aromatic N) is 3. The SMILES string of the molecule is Cn1cc(Cn2c(C(=O)O)cc3ccccc32)cn1. The molecule has 96 valence electrons. The molecule has 0 aliphatic carbocycles. The van der Waals surface area contributed by atoms with Gasteiger partial charge in [0.1, 0.15) is 5.69 Å². The lowest BCUT2D eigenvalue weighted by Gasteiger charge is -2.06. The first-order chi connectivity index (χ1) is 9.15. The Morgan fingerprint density at radius 1 is 1.37 bits per heavy atom. The van der Waals surface area contributed by atoms with Crippen LogP contribution >= 0.6 is 0 Å². The van der Waals surface area contributed by atoms with Gasteiger partial charge in [-0.3, -0.25) is 4.68 Å². The number of carboxylic acid groups (broad SMARTS) is 1. The van der Waals surface area contributed by atoms with Crippen molar-refractivity contribution in [2.75, 3.05) is 0 Å². The summed E-state index contributed by atoms with van der Waals surface area (Å²) >= 11 is 0. The van der Waals surface area contributed by atoms with Gasteiger partial charge in [0.2, 0.25) is 0 Å². The molecular formula is C14H13N3O2. The van der Waals surface area contributed by atoms with E-state index in [1.807, 2.05) is 37.5 Å². The number of aromatic nitrogens is 3. The fourth-order valence-corrected chi connectivity index (χ4v) is 2.29. The first kappa shape index (κ1) is 11.5. The van der Waals surface area contributed by atoms with Crippen molar-refractivity contribution in [1.82, 2.24) is 14.3 Å². The number of hydrogen-bond donors (Lipinski definition) is 1. The van der Waals surface area contributed by atoms with Gasteiger partial charge < -0.3 is 9.67 Å². The molecule has 0 aliphatic rings. The largest absolute Gasteiger partial charge is 0.477 e. The van der Waals surface area contributed by atoms with Gasteiger partial charge in [0, 0.05) is 29.7 Å². The first-order valence-corrected chi connectivity index (χ1v) is 5.94. The van der Waals surface area contributed by atoms with E-state index >= 15 is 0 Å². The van der Waals surface area contributed by atoms with Crippen LogP contribution in [0.2, 0.25) is 0 Å². The maximum atomic E-state index is 11.3. The molecule has 3 aromatic rings. The topological polar surface area (TPSA) is 60.0 Å². The van der Waals surface area contributed by atoms with Crippen LogP contribution in [0, 0.1) is 0 Å². The molecule has 2 aromatic heterocycles. The smallest absolute Gasteiger partial charge is 0.352 e. The lowest BCUT2D eigenvalue weighted by atomic mass is 10.2. The molecule has 3 rings (SSSR count). The number of carboxylic acids is 1. The molecule has 1 aromatic carbocycles. The summed E-state index contributed by atoms with van der Waals surface area (Å²) in [5.41, 5.74) is 2.19. The molecule has 0 bridgehead atoms. The molecule has 1 N–H and O–H groups in total. The Hall–Kier alpha value is -2.56. The highest BCUT2D eigenvalue weighted by molar-refractivity contribution is 5.94. The Morgan fingerprint density at radius 2 is 2.16 bits per heavy atom. The van der Waals surface area contributed by atoms with E-state index in [2.05, 4.69) is 5.10 Å². The summed E-state index contributed by atoms with van der Waals surface area (Å²) in [6.07, 6.45) is 3.64. The number of carbonyl (C=O) groups is 1. The first-order valence-electron chi connectivity index (χ1n) is 5.94. The molecule has 0 unspecified atom stereocenters. The van der Waals surface area contributed by atoms with Gasteiger partial charge in [0.15, 0.2) is 0 Å². The summed E-state index contributed by atoms with van der Waals surface area (Å²) in [6.45, 7) is 0.503. The third-order valence-corrected chi connectivity index (χ3v) is 3.13. The van der Waals surface area contributed by atoms with Gasteiger partial charge in [-0.1, -0.05) is 18.2 Å². The highest BCUT2D eigenvalue weighted by Crippen LogP contribution is 2.21. The summed E-state index contributed by atoms with van der Waals surface area (Å²) < 4.78 is 3.51. The molecule has 5 nitrogen and oxygen atoms in total. The fourth-order valence-electron chi connectivity index (χ4n) is 2.29. The molecule has 0 fully saturated rings. The molecule has 0 saturated carbocycles. The molecule has 0 aliphatic heterocycles. The van der Waals surface area contributed by atoms with Crippen molar-refractivity contribution in [2.45, 2.75) is 6.54 Å².